The topological polar surface area (TPSA) is 67.7 Å². The summed E-state index contributed by atoms with van der Waals surface area (Å²) in [6, 6.07) is 0.126. The van der Waals surface area contributed by atoms with E-state index in [9.17, 15) is 9.59 Å². The second-order valence-corrected chi connectivity index (χ2v) is 6.35. The zero-order chi connectivity index (χ0) is 16.2. The van der Waals surface area contributed by atoms with Crippen molar-refractivity contribution in [3.05, 3.63) is 28.4 Å². The van der Waals surface area contributed by atoms with Gasteiger partial charge in [-0.3, -0.25) is 9.36 Å². The molecule has 2 amide bonds. The van der Waals surface area contributed by atoms with E-state index in [0.29, 0.717) is 44.3 Å². The molecule has 0 aliphatic carbocycles. The van der Waals surface area contributed by atoms with E-state index >= 15 is 0 Å². The van der Waals surface area contributed by atoms with Gasteiger partial charge < -0.3 is 14.5 Å². The second kappa shape index (κ2) is 7.12. The number of morpholine rings is 1. The molecule has 7 nitrogen and oxygen atoms in total. The maximum atomic E-state index is 12.4. The molecule has 2 aliphatic rings. The average Bonchev–Trinajstić information content (AvgIpc) is 2.60. The lowest BCUT2D eigenvalue weighted by molar-refractivity contribution is 0.0397. The molecule has 0 bridgehead atoms. The molecule has 0 unspecified atom stereocenters. The lowest BCUT2D eigenvalue weighted by Crippen LogP contribution is -2.50. The Labute approximate surface area is 135 Å². The van der Waals surface area contributed by atoms with E-state index < -0.39 is 0 Å². The van der Waals surface area contributed by atoms with Gasteiger partial charge in [0, 0.05) is 44.5 Å². The normalized spacial score (nSPS) is 19.9. The first-order valence-corrected chi connectivity index (χ1v) is 8.28. The molecule has 0 saturated carbocycles. The maximum Gasteiger partial charge on any atom is 0.320 e. The predicted octanol–water partition coefficient (Wildman–Crippen LogP) is 0.716. The van der Waals surface area contributed by atoms with E-state index in [1.807, 2.05) is 9.80 Å². The fraction of sp³-hybridized carbons (Fsp3) is 0.688. The zero-order valence-corrected chi connectivity index (χ0v) is 13.6. The number of aryl methyl sites for hydroxylation is 1. The van der Waals surface area contributed by atoms with E-state index in [1.165, 1.54) is 0 Å². The van der Waals surface area contributed by atoms with Gasteiger partial charge in [-0.05, 0) is 25.7 Å². The number of aromatic nitrogens is 2. The number of hydrogen-bond donors (Lipinski definition) is 0. The first-order chi connectivity index (χ1) is 11.1. The van der Waals surface area contributed by atoms with Gasteiger partial charge in [0.05, 0.1) is 19.5 Å². The minimum atomic E-state index is 0.0341. The fourth-order valence-corrected chi connectivity index (χ4v) is 3.23. The second-order valence-electron chi connectivity index (χ2n) is 6.35. The van der Waals surface area contributed by atoms with Crippen LogP contribution in [0.5, 0.6) is 0 Å². The summed E-state index contributed by atoms with van der Waals surface area (Å²) < 4.78 is 6.98. The minimum absolute atomic E-state index is 0.0341. The molecule has 126 valence electrons. The Bertz CT molecular complexity index is 602. The monoisotopic (exact) mass is 320 g/mol. The molecule has 0 N–H and O–H groups in total. The molecule has 1 aromatic rings. The SMILES string of the molecule is Cc1cncn(CC2CCN(C(=O)N3CCOCC3)CC2)c1=O. The van der Waals surface area contributed by atoms with Crippen molar-refractivity contribution in [3.8, 4) is 0 Å². The standard InChI is InChI=1S/C16H24N4O3/c1-13-10-17-12-20(15(13)21)11-14-2-4-18(5-3-14)16(22)19-6-8-23-9-7-19/h10,12,14H,2-9,11H2,1H3. The molecule has 0 spiro atoms. The lowest BCUT2D eigenvalue weighted by Gasteiger charge is -2.37. The van der Waals surface area contributed by atoms with Gasteiger partial charge in [0.15, 0.2) is 0 Å². The predicted molar refractivity (Wildman–Crippen MR) is 85.3 cm³/mol. The van der Waals surface area contributed by atoms with Crippen molar-refractivity contribution in [1.29, 1.82) is 0 Å². The number of piperidine rings is 1. The number of carbonyl (C=O) groups is 1. The summed E-state index contributed by atoms with van der Waals surface area (Å²) in [6.07, 6.45) is 5.07. The molecule has 2 saturated heterocycles. The number of rotatable bonds is 2. The number of ether oxygens (including phenoxy) is 1. The van der Waals surface area contributed by atoms with Gasteiger partial charge in [0.2, 0.25) is 0 Å². The molecule has 2 aliphatic heterocycles. The van der Waals surface area contributed by atoms with Crippen LogP contribution in [0.15, 0.2) is 17.3 Å². The molecule has 3 heterocycles. The lowest BCUT2D eigenvalue weighted by atomic mass is 9.97. The maximum absolute atomic E-state index is 12.4. The molecule has 3 rings (SSSR count). The highest BCUT2D eigenvalue weighted by Crippen LogP contribution is 2.20. The summed E-state index contributed by atoms with van der Waals surface area (Å²) in [6.45, 7) is 6.62. The largest absolute Gasteiger partial charge is 0.378 e. The third kappa shape index (κ3) is 3.72. The van der Waals surface area contributed by atoms with Crippen molar-refractivity contribution in [1.82, 2.24) is 19.4 Å². The average molecular weight is 320 g/mol. The van der Waals surface area contributed by atoms with E-state index in [2.05, 4.69) is 4.98 Å². The summed E-state index contributed by atoms with van der Waals surface area (Å²) in [5.74, 6) is 0.421. The highest BCUT2D eigenvalue weighted by molar-refractivity contribution is 5.74. The highest BCUT2D eigenvalue weighted by atomic mass is 16.5. The summed E-state index contributed by atoms with van der Waals surface area (Å²) in [5, 5.41) is 0. The first-order valence-electron chi connectivity index (χ1n) is 8.28. The van der Waals surface area contributed by atoms with Gasteiger partial charge in [-0.15, -0.1) is 0 Å². The first kappa shape index (κ1) is 16.0. The van der Waals surface area contributed by atoms with Crippen LogP contribution in [0.1, 0.15) is 18.4 Å². The van der Waals surface area contributed by atoms with Crippen LogP contribution < -0.4 is 5.56 Å². The van der Waals surface area contributed by atoms with Crippen molar-refractivity contribution in [3.63, 3.8) is 0 Å². The Morgan fingerprint density at radius 1 is 1.22 bits per heavy atom. The molecule has 1 aromatic heterocycles. The van der Waals surface area contributed by atoms with Crippen LogP contribution in [0, 0.1) is 12.8 Å². The number of carbonyl (C=O) groups excluding carboxylic acids is 1. The van der Waals surface area contributed by atoms with Gasteiger partial charge in [0.1, 0.15) is 0 Å². The van der Waals surface area contributed by atoms with E-state index in [-0.39, 0.29) is 11.6 Å². The Kier molecular flexibility index (Phi) is 4.95. The number of likely N-dealkylation sites (tertiary alicyclic amines) is 1. The van der Waals surface area contributed by atoms with Gasteiger partial charge in [-0.2, -0.15) is 0 Å². The van der Waals surface area contributed by atoms with E-state index in [4.69, 9.17) is 4.74 Å². The van der Waals surface area contributed by atoms with Gasteiger partial charge in [0.25, 0.3) is 5.56 Å². The van der Waals surface area contributed by atoms with Crippen LogP contribution in [-0.4, -0.2) is 64.8 Å². The Morgan fingerprint density at radius 2 is 1.87 bits per heavy atom. The van der Waals surface area contributed by atoms with Crippen molar-refractivity contribution < 1.29 is 9.53 Å². The summed E-state index contributed by atoms with van der Waals surface area (Å²) in [4.78, 5) is 32.4. The molecule has 0 atom stereocenters. The Balaban J connectivity index is 1.53. The van der Waals surface area contributed by atoms with Crippen molar-refractivity contribution in [2.24, 2.45) is 5.92 Å². The fourth-order valence-electron chi connectivity index (χ4n) is 3.23. The van der Waals surface area contributed by atoms with Crippen molar-refractivity contribution in [2.75, 3.05) is 39.4 Å². The summed E-state index contributed by atoms with van der Waals surface area (Å²) in [7, 11) is 0. The molecule has 2 fully saturated rings. The molecular weight excluding hydrogens is 296 g/mol. The minimum Gasteiger partial charge on any atom is -0.378 e. The summed E-state index contributed by atoms with van der Waals surface area (Å²) >= 11 is 0. The quantitative estimate of drug-likeness (QED) is 0.805. The Morgan fingerprint density at radius 3 is 2.57 bits per heavy atom. The number of hydrogen-bond acceptors (Lipinski definition) is 4. The zero-order valence-electron chi connectivity index (χ0n) is 13.6. The van der Waals surface area contributed by atoms with Gasteiger partial charge in [-0.25, -0.2) is 9.78 Å². The number of nitrogens with zero attached hydrogens (tertiary/aromatic N) is 4. The number of amides is 2. The third-order valence-corrected chi connectivity index (χ3v) is 4.69. The third-order valence-electron chi connectivity index (χ3n) is 4.69. The Hall–Kier alpha value is -1.89. The molecule has 0 radical (unpaired) electrons. The van der Waals surface area contributed by atoms with Crippen LogP contribution in [0.3, 0.4) is 0 Å². The highest BCUT2D eigenvalue weighted by Gasteiger charge is 2.27. The smallest absolute Gasteiger partial charge is 0.320 e. The molecular formula is C16H24N4O3. The molecule has 7 heteroatoms. The molecule has 23 heavy (non-hydrogen) atoms. The van der Waals surface area contributed by atoms with Crippen molar-refractivity contribution in [2.45, 2.75) is 26.3 Å². The van der Waals surface area contributed by atoms with Crippen LogP contribution in [0.25, 0.3) is 0 Å². The van der Waals surface area contributed by atoms with Crippen LogP contribution in [-0.2, 0) is 11.3 Å². The van der Waals surface area contributed by atoms with Crippen molar-refractivity contribution >= 4 is 6.03 Å². The summed E-state index contributed by atoms with van der Waals surface area (Å²) in [5.41, 5.74) is 0.708. The van der Waals surface area contributed by atoms with Gasteiger partial charge >= 0.3 is 6.03 Å². The molecule has 0 aromatic carbocycles. The van der Waals surface area contributed by atoms with E-state index in [1.54, 1.807) is 24.0 Å². The van der Waals surface area contributed by atoms with Gasteiger partial charge in [-0.1, -0.05) is 0 Å². The van der Waals surface area contributed by atoms with E-state index in [0.717, 1.165) is 25.9 Å². The van der Waals surface area contributed by atoms with Crippen LogP contribution in [0.2, 0.25) is 0 Å². The van der Waals surface area contributed by atoms with Crippen LogP contribution >= 0.6 is 0 Å². The number of urea groups is 1. The van der Waals surface area contributed by atoms with Crippen LogP contribution in [0.4, 0.5) is 4.79 Å².